The van der Waals surface area contributed by atoms with Gasteiger partial charge in [0.2, 0.25) is 0 Å². The molecule has 0 amide bonds. The van der Waals surface area contributed by atoms with E-state index in [4.69, 9.17) is 0 Å². The van der Waals surface area contributed by atoms with Crippen LogP contribution >= 0.6 is 0 Å². The highest BCUT2D eigenvalue weighted by Gasteiger charge is 2.14. The predicted molar refractivity (Wildman–Crippen MR) is 75.0 cm³/mol. The number of aryl methyl sites for hydroxylation is 2. The highest BCUT2D eigenvalue weighted by atomic mass is 16.3. The summed E-state index contributed by atoms with van der Waals surface area (Å²) in [4.78, 5) is 8.95. The van der Waals surface area contributed by atoms with Gasteiger partial charge < -0.3 is 9.67 Å². The largest absolute Gasteiger partial charge is 0.507 e. The standard InChI is InChI=1S/C15H15N3O/c1-3-18-14(11-7-6-10(2)9-13(11)19)17-12-5-4-8-16-15(12)18/h4-9,19H,3H2,1-2H3. The molecule has 0 aliphatic carbocycles. The van der Waals surface area contributed by atoms with Gasteiger partial charge in [-0.25, -0.2) is 9.97 Å². The van der Waals surface area contributed by atoms with Crippen LogP contribution in [0.3, 0.4) is 0 Å². The topological polar surface area (TPSA) is 50.9 Å². The number of fused-ring (bicyclic) bond motifs is 1. The second-order valence-electron chi connectivity index (χ2n) is 4.55. The Kier molecular flexibility index (Phi) is 2.71. The van der Waals surface area contributed by atoms with Gasteiger partial charge in [0.05, 0.1) is 5.56 Å². The number of nitrogens with zero attached hydrogens (tertiary/aromatic N) is 3. The van der Waals surface area contributed by atoms with E-state index in [9.17, 15) is 5.11 Å². The van der Waals surface area contributed by atoms with Gasteiger partial charge in [-0.05, 0) is 43.7 Å². The van der Waals surface area contributed by atoms with E-state index in [0.29, 0.717) is 0 Å². The molecular weight excluding hydrogens is 238 g/mol. The number of phenols is 1. The maximum absolute atomic E-state index is 10.1. The molecule has 4 nitrogen and oxygen atoms in total. The van der Waals surface area contributed by atoms with E-state index in [0.717, 1.165) is 34.7 Å². The summed E-state index contributed by atoms with van der Waals surface area (Å²) >= 11 is 0. The van der Waals surface area contributed by atoms with Crippen molar-refractivity contribution in [2.75, 3.05) is 0 Å². The first-order valence-electron chi connectivity index (χ1n) is 6.32. The molecule has 0 fully saturated rings. The van der Waals surface area contributed by atoms with Crippen molar-refractivity contribution in [3.8, 4) is 17.1 Å². The lowest BCUT2D eigenvalue weighted by Gasteiger charge is -2.07. The number of hydrogen-bond acceptors (Lipinski definition) is 3. The minimum Gasteiger partial charge on any atom is -0.507 e. The SMILES string of the molecule is CCn1c(-c2ccc(C)cc2O)nc2cccnc21. The second kappa shape index (κ2) is 4.39. The van der Waals surface area contributed by atoms with Gasteiger partial charge in [-0.1, -0.05) is 6.07 Å². The van der Waals surface area contributed by atoms with Crippen LogP contribution in [0.1, 0.15) is 12.5 Å². The smallest absolute Gasteiger partial charge is 0.160 e. The monoisotopic (exact) mass is 253 g/mol. The molecule has 2 aromatic heterocycles. The molecule has 0 aliphatic rings. The zero-order chi connectivity index (χ0) is 13.4. The Balaban J connectivity index is 2.30. The van der Waals surface area contributed by atoms with Crippen molar-refractivity contribution in [2.45, 2.75) is 20.4 Å². The zero-order valence-corrected chi connectivity index (χ0v) is 11.0. The molecule has 0 saturated carbocycles. The molecule has 19 heavy (non-hydrogen) atoms. The first-order valence-corrected chi connectivity index (χ1v) is 6.32. The average Bonchev–Trinajstić information content (AvgIpc) is 2.76. The summed E-state index contributed by atoms with van der Waals surface area (Å²) in [6.45, 7) is 4.76. The number of rotatable bonds is 2. The highest BCUT2D eigenvalue weighted by molar-refractivity contribution is 5.78. The highest BCUT2D eigenvalue weighted by Crippen LogP contribution is 2.31. The Morgan fingerprint density at radius 1 is 1.26 bits per heavy atom. The second-order valence-corrected chi connectivity index (χ2v) is 4.55. The van der Waals surface area contributed by atoms with Gasteiger partial charge in [0.1, 0.15) is 17.1 Å². The number of imidazole rings is 1. The first kappa shape index (κ1) is 11.7. The van der Waals surface area contributed by atoms with E-state index in [-0.39, 0.29) is 5.75 Å². The van der Waals surface area contributed by atoms with Gasteiger partial charge in [-0.15, -0.1) is 0 Å². The first-order chi connectivity index (χ1) is 9.20. The quantitative estimate of drug-likeness (QED) is 0.763. The van der Waals surface area contributed by atoms with Crippen LogP contribution in [0, 0.1) is 6.92 Å². The summed E-state index contributed by atoms with van der Waals surface area (Å²) in [6.07, 6.45) is 1.76. The lowest BCUT2D eigenvalue weighted by Crippen LogP contribution is -1.98. The van der Waals surface area contributed by atoms with Gasteiger partial charge in [0.25, 0.3) is 0 Å². The summed E-state index contributed by atoms with van der Waals surface area (Å²) in [6, 6.07) is 9.43. The van der Waals surface area contributed by atoms with Crippen LogP contribution in [0.5, 0.6) is 5.75 Å². The minimum absolute atomic E-state index is 0.255. The van der Waals surface area contributed by atoms with Crippen LogP contribution in [0.25, 0.3) is 22.6 Å². The molecule has 0 bridgehead atoms. The molecule has 96 valence electrons. The van der Waals surface area contributed by atoms with Crippen LogP contribution in [0.4, 0.5) is 0 Å². The predicted octanol–water partition coefficient (Wildman–Crippen LogP) is 3.13. The minimum atomic E-state index is 0.255. The molecule has 3 rings (SSSR count). The van der Waals surface area contributed by atoms with Crippen molar-refractivity contribution in [2.24, 2.45) is 0 Å². The van der Waals surface area contributed by atoms with E-state index in [1.807, 2.05) is 42.7 Å². The van der Waals surface area contributed by atoms with Crippen LogP contribution < -0.4 is 0 Å². The van der Waals surface area contributed by atoms with Gasteiger partial charge in [-0.2, -0.15) is 0 Å². The molecule has 3 aromatic rings. The van der Waals surface area contributed by atoms with Crippen molar-refractivity contribution >= 4 is 11.2 Å². The third-order valence-corrected chi connectivity index (χ3v) is 3.21. The van der Waals surface area contributed by atoms with Gasteiger partial charge >= 0.3 is 0 Å². The number of aromatic nitrogens is 3. The number of hydrogen-bond donors (Lipinski definition) is 1. The Morgan fingerprint density at radius 3 is 2.84 bits per heavy atom. The molecule has 0 saturated heterocycles. The third kappa shape index (κ3) is 1.85. The van der Waals surface area contributed by atoms with Crippen LogP contribution in [-0.2, 0) is 6.54 Å². The molecular formula is C15H15N3O. The molecule has 0 spiro atoms. The Morgan fingerprint density at radius 2 is 2.11 bits per heavy atom. The summed E-state index contributed by atoms with van der Waals surface area (Å²) in [5, 5.41) is 10.1. The molecule has 2 heterocycles. The lowest BCUT2D eigenvalue weighted by molar-refractivity contribution is 0.476. The normalized spacial score (nSPS) is 11.1. The average molecular weight is 253 g/mol. The maximum Gasteiger partial charge on any atom is 0.160 e. The molecule has 0 atom stereocenters. The van der Waals surface area contributed by atoms with Crippen LogP contribution in [0.15, 0.2) is 36.5 Å². The fourth-order valence-electron chi connectivity index (χ4n) is 2.29. The number of aromatic hydroxyl groups is 1. The fraction of sp³-hybridized carbons (Fsp3) is 0.200. The number of pyridine rings is 1. The van der Waals surface area contributed by atoms with Gasteiger partial charge in [-0.3, -0.25) is 0 Å². The van der Waals surface area contributed by atoms with Crippen LogP contribution in [0.2, 0.25) is 0 Å². The van der Waals surface area contributed by atoms with E-state index in [1.165, 1.54) is 0 Å². The third-order valence-electron chi connectivity index (χ3n) is 3.21. The van der Waals surface area contributed by atoms with E-state index < -0.39 is 0 Å². The fourth-order valence-corrected chi connectivity index (χ4v) is 2.29. The molecule has 1 aromatic carbocycles. The van der Waals surface area contributed by atoms with Gasteiger partial charge in [0.15, 0.2) is 5.65 Å². The van der Waals surface area contributed by atoms with Crippen molar-refractivity contribution in [3.63, 3.8) is 0 Å². The molecule has 0 unspecified atom stereocenters. The lowest BCUT2D eigenvalue weighted by atomic mass is 10.1. The molecule has 0 radical (unpaired) electrons. The van der Waals surface area contributed by atoms with Crippen molar-refractivity contribution < 1.29 is 5.11 Å². The van der Waals surface area contributed by atoms with Crippen molar-refractivity contribution in [1.82, 2.24) is 14.5 Å². The van der Waals surface area contributed by atoms with E-state index in [2.05, 4.69) is 9.97 Å². The number of phenolic OH excluding ortho intramolecular Hbond substituents is 1. The van der Waals surface area contributed by atoms with Gasteiger partial charge in [0, 0.05) is 12.7 Å². The maximum atomic E-state index is 10.1. The molecule has 0 aliphatic heterocycles. The molecule has 1 N–H and O–H groups in total. The Labute approximate surface area is 111 Å². The molecule has 4 heteroatoms. The van der Waals surface area contributed by atoms with Crippen molar-refractivity contribution in [1.29, 1.82) is 0 Å². The summed E-state index contributed by atoms with van der Waals surface area (Å²) < 4.78 is 2.01. The van der Waals surface area contributed by atoms with Crippen LogP contribution in [-0.4, -0.2) is 19.6 Å². The Bertz CT molecular complexity index is 746. The van der Waals surface area contributed by atoms with E-state index >= 15 is 0 Å². The number of benzene rings is 1. The summed E-state index contributed by atoms with van der Waals surface area (Å²) in [7, 11) is 0. The summed E-state index contributed by atoms with van der Waals surface area (Å²) in [5.41, 5.74) is 3.46. The summed E-state index contributed by atoms with van der Waals surface area (Å²) in [5.74, 6) is 1.01. The van der Waals surface area contributed by atoms with Crippen molar-refractivity contribution in [3.05, 3.63) is 42.1 Å². The Hall–Kier alpha value is -2.36. The van der Waals surface area contributed by atoms with E-state index in [1.54, 1.807) is 12.3 Å². The zero-order valence-electron chi connectivity index (χ0n) is 11.0.